The highest BCUT2D eigenvalue weighted by atomic mass is 16.6. The topological polar surface area (TPSA) is 70.3 Å². The lowest BCUT2D eigenvalue weighted by atomic mass is 10.2. The number of rotatable bonds is 7. The molecule has 1 aromatic heterocycles. The molecule has 1 aromatic carbocycles. The van der Waals surface area contributed by atoms with Crippen LogP contribution in [0.1, 0.15) is 28.8 Å². The summed E-state index contributed by atoms with van der Waals surface area (Å²) in [6, 6.07) is 10.6. The Hall–Kier alpha value is -2.76. The fourth-order valence-electron chi connectivity index (χ4n) is 1.68. The minimum Gasteiger partial charge on any atom is -0.494 e. The SMILES string of the molecule is CCOc1ccc(/C=N\OCc2ccc(C(=O)OC)o2)cc1. The van der Waals surface area contributed by atoms with Gasteiger partial charge in [-0.2, -0.15) is 0 Å². The number of hydrogen-bond donors (Lipinski definition) is 0. The van der Waals surface area contributed by atoms with Crippen molar-refractivity contribution in [3.05, 3.63) is 53.5 Å². The first kappa shape index (κ1) is 15.6. The third-order valence-electron chi connectivity index (χ3n) is 2.72. The lowest BCUT2D eigenvalue weighted by molar-refractivity contribution is 0.0553. The molecule has 22 heavy (non-hydrogen) atoms. The summed E-state index contributed by atoms with van der Waals surface area (Å²) in [5, 5.41) is 3.84. The molecule has 0 unspecified atom stereocenters. The van der Waals surface area contributed by atoms with E-state index in [1.807, 2.05) is 31.2 Å². The molecule has 2 rings (SSSR count). The van der Waals surface area contributed by atoms with Crippen LogP contribution in [0.2, 0.25) is 0 Å². The van der Waals surface area contributed by atoms with E-state index in [2.05, 4.69) is 9.89 Å². The Bertz CT molecular complexity index is 630. The molecule has 0 aliphatic rings. The van der Waals surface area contributed by atoms with Gasteiger partial charge in [0.1, 0.15) is 11.5 Å². The number of ether oxygens (including phenoxy) is 2. The molecule has 6 heteroatoms. The number of carbonyl (C=O) groups is 1. The summed E-state index contributed by atoms with van der Waals surface area (Å²) >= 11 is 0. The molecule has 0 bridgehead atoms. The van der Waals surface area contributed by atoms with Gasteiger partial charge in [0, 0.05) is 0 Å². The number of methoxy groups -OCH3 is 1. The third kappa shape index (κ3) is 4.37. The molecule has 0 N–H and O–H groups in total. The Morgan fingerprint density at radius 3 is 2.68 bits per heavy atom. The zero-order valence-corrected chi connectivity index (χ0v) is 12.4. The predicted octanol–water partition coefficient (Wildman–Crippen LogP) is 3.02. The number of carbonyl (C=O) groups excluding carboxylic acids is 1. The summed E-state index contributed by atoms with van der Waals surface area (Å²) in [7, 11) is 1.29. The summed E-state index contributed by atoms with van der Waals surface area (Å²) < 4.78 is 15.1. The smallest absolute Gasteiger partial charge is 0.373 e. The van der Waals surface area contributed by atoms with Crippen molar-refractivity contribution < 1.29 is 23.5 Å². The molecule has 0 amide bonds. The highest BCUT2D eigenvalue weighted by Crippen LogP contribution is 2.12. The van der Waals surface area contributed by atoms with E-state index in [1.54, 1.807) is 12.3 Å². The first-order chi connectivity index (χ1) is 10.7. The zero-order valence-electron chi connectivity index (χ0n) is 12.4. The van der Waals surface area contributed by atoms with Crippen molar-refractivity contribution in [3.63, 3.8) is 0 Å². The Morgan fingerprint density at radius 1 is 1.23 bits per heavy atom. The van der Waals surface area contributed by atoms with Gasteiger partial charge in [0.15, 0.2) is 6.61 Å². The van der Waals surface area contributed by atoms with Gasteiger partial charge in [-0.1, -0.05) is 5.16 Å². The van der Waals surface area contributed by atoms with Crippen LogP contribution >= 0.6 is 0 Å². The van der Waals surface area contributed by atoms with Crippen molar-refractivity contribution in [1.29, 1.82) is 0 Å². The van der Waals surface area contributed by atoms with Gasteiger partial charge in [-0.05, 0) is 48.9 Å². The van der Waals surface area contributed by atoms with Gasteiger partial charge in [-0.25, -0.2) is 4.79 Å². The van der Waals surface area contributed by atoms with Gasteiger partial charge < -0.3 is 18.7 Å². The van der Waals surface area contributed by atoms with E-state index in [-0.39, 0.29) is 12.4 Å². The van der Waals surface area contributed by atoms with Gasteiger partial charge >= 0.3 is 5.97 Å². The lowest BCUT2D eigenvalue weighted by Crippen LogP contribution is -1.98. The Morgan fingerprint density at radius 2 is 2.00 bits per heavy atom. The molecule has 0 atom stereocenters. The van der Waals surface area contributed by atoms with Crippen molar-refractivity contribution in [3.8, 4) is 5.75 Å². The fraction of sp³-hybridized carbons (Fsp3) is 0.250. The minimum absolute atomic E-state index is 0.129. The number of esters is 1. The van der Waals surface area contributed by atoms with E-state index < -0.39 is 5.97 Å². The van der Waals surface area contributed by atoms with E-state index in [0.717, 1.165) is 11.3 Å². The molecule has 116 valence electrons. The summed E-state index contributed by atoms with van der Waals surface area (Å²) in [5.41, 5.74) is 0.887. The summed E-state index contributed by atoms with van der Waals surface area (Å²) in [4.78, 5) is 16.3. The highest BCUT2D eigenvalue weighted by Gasteiger charge is 2.10. The molecule has 0 fully saturated rings. The molecule has 0 aliphatic heterocycles. The fourth-order valence-corrected chi connectivity index (χ4v) is 1.68. The van der Waals surface area contributed by atoms with Gasteiger partial charge in [-0.3, -0.25) is 0 Å². The van der Waals surface area contributed by atoms with Crippen LogP contribution in [0, 0.1) is 0 Å². The van der Waals surface area contributed by atoms with Crippen LogP contribution in [0.4, 0.5) is 0 Å². The largest absolute Gasteiger partial charge is 0.494 e. The molecular weight excluding hydrogens is 286 g/mol. The van der Waals surface area contributed by atoms with Crippen LogP contribution in [-0.2, 0) is 16.2 Å². The molecule has 1 heterocycles. The summed E-state index contributed by atoms with van der Waals surface area (Å²) in [6.07, 6.45) is 1.58. The van der Waals surface area contributed by atoms with E-state index in [4.69, 9.17) is 14.0 Å². The van der Waals surface area contributed by atoms with Gasteiger partial charge in [0.05, 0.1) is 19.9 Å². The first-order valence-corrected chi connectivity index (χ1v) is 6.78. The van der Waals surface area contributed by atoms with E-state index in [9.17, 15) is 4.79 Å². The van der Waals surface area contributed by atoms with Crippen molar-refractivity contribution in [2.75, 3.05) is 13.7 Å². The van der Waals surface area contributed by atoms with E-state index >= 15 is 0 Å². The number of furan rings is 1. The number of benzene rings is 1. The van der Waals surface area contributed by atoms with Gasteiger partial charge in [0.2, 0.25) is 5.76 Å². The Kier molecular flexibility index (Phi) is 5.59. The van der Waals surface area contributed by atoms with E-state index in [0.29, 0.717) is 12.4 Å². The quantitative estimate of drug-likeness (QED) is 0.447. The van der Waals surface area contributed by atoms with Crippen LogP contribution in [-0.4, -0.2) is 25.9 Å². The van der Waals surface area contributed by atoms with Crippen molar-refractivity contribution >= 4 is 12.2 Å². The predicted molar refractivity (Wildman–Crippen MR) is 80.0 cm³/mol. The summed E-state index contributed by atoms with van der Waals surface area (Å²) in [6.45, 7) is 2.70. The maximum absolute atomic E-state index is 11.2. The van der Waals surface area contributed by atoms with Crippen LogP contribution in [0.15, 0.2) is 46.0 Å². The first-order valence-electron chi connectivity index (χ1n) is 6.78. The van der Waals surface area contributed by atoms with Gasteiger partial charge in [0.25, 0.3) is 0 Å². The second kappa shape index (κ2) is 7.87. The van der Waals surface area contributed by atoms with Crippen LogP contribution < -0.4 is 4.74 Å². The normalized spacial score (nSPS) is 10.6. The molecule has 2 aromatic rings. The number of nitrogens with zero attached hydrogens (tertiary/aromatic N) is 1. The monoisotopic (exact) mass is 303 g/mol. The molecule has 0 radical (unpaired) electrons. The molecule has 0 spiro atoms. The standard InChI is InChI=1S/C16H17NO5/c1-3-20-13-6-4-12(5-7-13)10-17-21-11-14-8-9-15(22-14)16(18)19-2/h4-10H,3,11H2,1-2H3/b17-10-. The maximum atomic E-state index is 11.2. The van der Waals surface area contributed by atoms with Crippen LogP contribution in [0.25, 0.3) is 0 Å². The zero-order chi connectivity index (χ0) is 15.8. The van der Waals surface area contributed by atoms with Crippen LogP contribution in [0.5, 0.6) is 5.75 Å². The average molecular weight is 303 g/mol. The van der Waals surface area contributed by atoms with Crippen molar-refractivity contribution in [2.45, 2.75) is 13.5 Å². The van der Waals surface area contributed by atoms with Crippen molar-refractivity contribution in [1.82, 2.24) is 0 Å². The van der Waals surface area contributed by atoms with E-state index in [1.165, 1.54) is 13.2 Å². The second-order valence-electron chi connectivity index (χ2n) is 4.27. The Balaban J connectivity index is 1.82. The third-order valence-corrected chi connectivity index (χ3v) is 2.72. The van der Waals surface area contributed by atoms with Crippen LogP contribution in [0.3, 0.4) is 0 Å². The average Bonchev–Trinajstić information content (AvgIpc) is 3.01. The molecule has 0 saturated heterocycles. The summed E-state index contributed by atoms with van der Waals surface area (Å²) in [5.74, 6) is 0.913. The molecule has 0 aliphatic carbocycles. The number of hydrogen-bond acceptors (Lipinski definition) is 6. The number of oxime groups is 1. The molecule has 6 nitrogen and oxygen atoms in total. The second-order valence-corrected chi connectivity index (χ2v) is 4.27. The lowest BCUT2D eigenvalue weighted by Gasteiger charge is -2.02. The van der Waals surface area contributed by atoms with Crippen molar-refractivity contribution in [2.24, 2.45) is 5.16 Å². The molecule has 0 saturated carbocycles. The minimum atomic E-state index is -0.524. The maximum Gasteiger partial charge on any atom is 0.373 e. The van der Waals surface area contributed by atoms with Gasteiger partial charge in [-0.15, -0.1) is 0 Å². The Labute approximate surface area is 128 Å². The highest BCUT2D eigenvalue weighted by molar-refractivity contribution is 5.86. The molecular formula is C16H17NO5.